The Morgan fingerprint density at radius 1 is 1.04 bits per heavy atom. The summed E-state index contributed by atoms with van der Waals surface area (Å²) >= 11 is 6.01. The summed E-state index contributed by atoms with van der Waals surface area (Å²) in [6, 6.07) is 20.6. The minimum Gasteiger partial charge on any atom is -0.338 e. The SMILES string of the molecule is Cc1cccc(NC(=O)c2ccc(-c3nc4ccc(Cl)cc4[nH]3)cc2)c1. The Morgan fingerprint density at radius 3 is 2.62 bits per heavy atom. The average Bonchev–Trinajstić information content (AvgIpc) is 3.05. The van der Waals surface area contributed by atoms with Crippen molar-refractivity contribution in [1.29, 1.82) is 0 Å². The van der Waals surface area contributed by atoms with Crippen molar-refractivity contribution >= 4 is 34.2 Å². The lowest BCUT2D eigenvalue weighted by Gasteiger charge is -2.06. The molecule has 0 bridgehead atoms. The number of aryl methyl sites for hydroxylation is 1. The maximum atomic E-state index is 12.4. The number of H-pyrrole nitrogens is 1. The van der Waals surface area contributed by atoms with E-state index in [1.165, 1.54) is 0 Å². The predicted molar refractivity (Wildman–Crippen MR) is 106 cm³/mol. The van der Waals surface area contributed by atoms with Crippen LogP contribution in [0.25, 0.3) is 22.4 Å². The zero-order chi connectivity index (χ0) is 18.1. The highest BCUT2D eigenvalue weighted by Crippen LogP contribution is 2.23. The zero-order valence-corrected chi connectivity index (χ0v) is 14.8. The van der Waals surface area contributed by atoms with Crippen LogP contribution in [0.15, 0.2) is 66.7 Å². The Kier molecular flexibility index (Phi) is 4.19. The topological polar surface area (TPSA) is 57.8 Å². The number of imidazole rings is 1. The zero-order valence-electron chi connectivity index (χ0n) is 14.1. The first-order valence-electron chi connectivity index (χ1n) is 8.22. The minimum atomic E-state index is -0.140. The van der Waals surface area contributed by atoms with E-state index in [-0.39, 0.29) is 5.91 Å². The smallest absolute Gasteiger partial charge is 0.255 e. The van der Waals surface area contributed by atoms with E-state index >= 15 is 0 Å². The number of carbonyl (C=O) groups excluding carboxylic acids is 1. The lowest BCUT2D eigenvalue weighted by Crippen LogP contribution is -2.11. The molecule has 1 amide bonds. The van der Waals surface area contributed by atoms with Crippen molar-refractivity contribution in [2.24, 2.45) is 0 Å². The summed E-state index contributed by atoms with van der Waals surface area (Å²) in [5, 5.41) is 3.57. The van der Waals surface area contributed by atoms with Gasteiger partial charge in [0.1, 0.15) is 5.82 Å². The van der Waals surface area contributed by atoms with Gasteiger partial charge in [0.15, 0.2) is 0 Å². The van der Waals surface area contributed by atoms with E-state index in [1.807, 2.05) is 61.5 Å². The van der Waals surface area contributed by atoms with Crippen LogP contribution in [0.5, 0.6) is 0 Å². The fourth-order valence-electron chi connectivity index (χ4n) is 2.82. The largest absolute Gasteiger partial charge is 0.338 e. The molecular weight excluding hydrogens is 346 g/mol. The highest BCUT2D eigenvalue weighted by Gasteiger charge is 2.09. The van der Waals surface area contributed by atoms with Crippen LogP contribution >= 0.6 is 11.6 Å². The number of aromatic amines is 1. The molecule has 0 saturated carbocycles. The fourth-order valence-corrected chi connectivity index (χ4v) is 3.00. The van der Waals surface area contributed by atoms with Gasteiger partial charge < -0.3 is 10.3 Å². The van der Waals surface area contributed by atoms with Gasteiger partial charge in [0.05, 0.1) is 11.0 Å². The first kappa shape index (κ1) is 16.4. The number of nitrogens with one attached hydrogen (secondary N) is 2. The van der Waals surface area contributed by atoms with Crippen LogP contribution in [-0.2, 0) is 0 Å². The molecule has 0 fully saturated rings. The Morgan fingerprint density at radius 2 is 1.85 bits per heavy atom. The van der Waals surface area contributed by atoms with Crippen LogP contribution in [0.1, 0.15) is 15.9 Å². The van der Waals surface area contributed by atoms with Gasteiger partial charge in [-0.05, 0) is 55.0 Å². The standard InChI is InChI=1S/C21H16ClN3O/c1-13-3-2-4-17(11-13)23-21(26)15-7-5-14(6-8-15)20-24-18-10-9-16(22)12-19(18)25-20/h2-12H,1H3,(H,23,26)(H,24,25). The molecule has 0 atom stereocenters. The molecule has 4 rings (SSSR count). The first-order valence-corrected chi connectivity index (χ1v) is 8.60. The summed E-state index contributed by atoms with van der Waals surface area (Å²) in [6.45, 7) is 1.99. The van der Waals surface area contributed by atoms with Crippen molar-refractivity contribution in [2.75, 3.05) is 5.32 Å². The van der Waals surface area contributed by atoms with Crippen LogP contribution in [0.4, 0.5) is 5.69 Å². The molecule has 1 aromatic heterocycles. The number of amides is 1. The average molecular weight is 362 g/mol. The maximum Gasteiger partial charge on any atom is 0.255 e. The second-order valence-corrected chi connectivity index (χ2v) is 6.58. The number of aromatic nitrogens is 2. The summed E-state index contributed by atoms with van der Waals surface area (Å²) < 4.78 is 0. The number of halogens is 1. The molecule has 0 saturated heterocycles. The van der Waals surface area contributed by atoms with Crippen LogP contribution < -0.4 is 5.32 Å². The van der Waals surface area contributed by atoms with Crippen LogP contribution in [-0.4, -0.2) is 15.9 Å². The quantitative estimate of drug-likeness (QED) is 0.510. The van der Waals surface area contributed by atoms with Crippen molar-refractivity contribution in [1.82, 2.24) is 9.97 Å². The van der Waals surface area contributed by atoms with Crippen LogP contribution in [0, 0.1) is 6.92 Å². The Balaban J connectivity index is 1.56. The fraction of sp³-hybridized carbons (Fsp3) is 0.0476. The van der Waals surface area contributed by atoms with Gasteiger partial charge in [-0.2, -0.15) is 0 Å². The van der Waals surface area contributed by atoms with E-state index in [2.05, 4.69) is 15.3 Å². The number of rotatable bonds is 3. The Hall–Kier alpha value is -3.11. The first-order chi connectivity index (χ1) is 12.6. The number of hydrogen-bond donors (Lipinski definition) is 2. The van der Waals surface area contributed by atoms with E-state index < -0.39 is 0 Å². The van der Waals surface area contributed by atoms with Crippen LogP contribution in [0.2, 0.25) is 5.02 Å². The molecular formula is C21H16ClN3O. The van der Waals surface area contributed by atoms with Crippen molar-refractivity contribution in [3.63, 3.8) is 0 Å². The van der Waals surface area contributed by atoms with Gasteiger partial charge in [-0.1, -0.05) is 35.9 Å². The number of nitrogens with zero attached hydrogens (tertiary/aromatic N) is 1. The monoisotopic (exact) mass is 361 g/mol. The van der Waals surface area contributed by atoms with E-state index in [9.17, 15) is 4.79 Å². The summed E-state index contributed by atoms with van der Waals surface area (Å²) in [6.07, 6.45) is 0. The molecule has 0 radical (unpaired) electrons. The van der Waals surface area contributed by atoms with Crippen molar-refractivity contribution in [3.8, 4) is 11.4 Å². The maximum absolute atomic E-state index is 12.4. The van der Waals surface area contributed by atoms with Crippen molar-refractivity contribution in [3.05, 3.63) is 82.9 Å². The number of anilines is 1. The molecule has 3 aromatic carbocycles. The molecule has 128 valence electrons. The molecule has 0 spiro atoms. The van der Waals surface area contributed by atoms with Gasteiger partial charge in [0, 0.05) is 21.8 Å². The third kappa shape index (κ3) is 3.32. The van der Waals surface area contributed by atoms with Crippen molar-refractivity contribution in [2.45, 2.75) is 6.92 Å². The molecule has 4 aromatic rings. The number of carbonyl (C=O) groups is 1. The van der Waals surface area contributed by atoms with E-state index in [1.54, 1.807) is 12.1 Å². The van der Waals surface area contributed by atoms with E-state index in [0.29, 0.717) is 10.6 Å². The lowest BCUT2D eigenvalue weighted by molar-refractivity contribution is 0.102. The Labute approximate surface area is 155 Å². The second kappa shape index (κ2) is 6.65. The highest BCUT2D eigenvalue weighted by molar-refractivity contribution is 6.31. The molecule has 2 N–H and O–H groups in total. The summed E-state index contributed by atoms with van der Waals surface area (Å²) in [5.41, 5.74) is 5.12. The second-order valence-electron chi connectivity index (χ2n) is 6.15. The molecule has 0 aliphatic heterocycles. The summed E-state index contributed by atoms with van der Waals surface area (Å²) in [7, 11) is 0. The molecule has 0 aliphatic rings. The minimum absolute atomic E-state index is 0.140. The molecule has 4 nitrogen and oxygen atoms in total. The summed E-state index contributed by atoms with van der Waals surface area (Å²) in [5.74, 6) is 0.603. The van der Waals surface area contributed by atoms with Gasteiger partial charge in [-0.15, -0.1) is 0 Å². The van der Waals surface area contributed by atoms with Gasteiger partial charge in [0.25, 0.3) is 5.91 Å². The third-order valence-electron chi connectivity index (χ3n) is 4.14. The molecule has 0 aliphatic carbocycles. The number of fused-ring (bicyclic) bond motifs is 1. The third-order valence-corrected chi connectivity index (χ3v) is 4.38. The van der Waals surface area contributed by atoms with E-state index in [0.717, 1.165) is 33.7 Å². The lowest BCUT2D eigenvalue weighted by atomic mass is 10.1. The predicted octanol–water partition coefficient (Wildman–Crippen LogP) is 5.44. The van der Waals surface area contributed by atoms with Gasteiger partial charge >= 0.3 is 0 Å². The molecule has 0 unspecified atom stereocenters. The normalized spacial score (nSPS) is 10.8. The molecule has 1 heterocycles. The van der Waals surface area contributed by atoms with Gasteiger partial charge in [-0.25, -0.2) is 4.98 Å². The van der Waals surface area contributed by atoms with Gasteiger partial charge in [0.2, 0.25) is 0 Å². The van der Waals surface area contributed by atoms with Crippen LogP contribution in [0.3, 0.4) is 0 Å². The molecule has 5 heteroatoms. The van der Waals surface area contributed by atoms with Gasteiger partial charge in [-0.3, -0.25) is 4.79 Å². The number of benzene rings is 3. The Bertz CT molecular complexity index is 1100. The van der Waals surface area contributed by atoms with Crippen molar-refractivity contribution < 1.29 is 4.79 Å². The van der Waals surface area contributed by atoms with E-state index in [4.69, 9.17) is 11.6 Å². The summed E-state index contributed by atoms with van der Waals surface area (Å²) in [4.78, 5) is 20.2. The molecule has 26 heavy (non-hydrogen) atoms. The highest BCUT2D eigenvalue weighted by atomic mass is 35.5. The number of hydrogen-bond acceptors (Lipinski definition) is 2.